The van der Waals surface area contributed by atoms with Gasteiger partial charge in [-0.25, -0.2) is 14.8 Å². The second-order valence-corrected chi connectivity index (χ2v) is 10.6. The van der Waals surface area contributed by atoms with Gasteiger partial charge in [0.1, 0.15) is 17.2 Å². The number of likely N-dealkylation sites (tertiary alicyclic amines) is 1. The van der Waals surface area contributed by atoms with Crippen molar-refractivity contribution in [1.82, 2.24) is 34.9 Å². The van der Waals surface area contributed by atoms with Crippen molar-refractivity contribution in [3.8, 4) is 22.5 Å². The van der Waals surface area contributed by atoms with E-state index in [4.69, 9.17) is 10.5 Å². The Morgan fingerprint density at radius 1 is 1.13 bits per heavy atom. The van der Waals surface area contributed by atoms with E-state index in [-0.39, 0.29) is 18.0 Å². The van der Waals surface area contributed by atoms with Gasteiger partial charge in [0, 0.05) is 55.3 Å². The predicted molar refractivity (Wildman–Crippen MR) is 144 cm³/mol. The summed E-state index contributed by atoms with van der Waals surface area (Å²) in [6.45, 7) is 6.63. The summed E-state index contributed by atoms with van der Waals surface area (Å²) in [5.41, 5.74) is 10.1. The molecule has 198 valence electrons. The Kier molecular flexibility index (Phi) is 6.52. The number of imidazole rings is 1. The number of pyridine rings is 1. The Hall–Kier alpha value is -4.41. The van der Waals surface area contributed by atoms with Crippen LogP contribution in [0.15, 0.2) is 42.9 Å². The van der Waals surface area contributed by atoms with E-state index in [0.717, 1.165) is 16.6 Å². The van der Waals surface area contributed by atoms with Crippen molar-refractivity contribution in [2.75, 3.05) is 18.8 Å². The third-order valence-corrected chi connectivity index (χ3v) is 6.44. The molecule has 4 N–H and O–H groups in total. The minimum Gasteiger partial charge on any atom is -0.444 e. The largest absolute Gasteiger partial charge is 0.444 e. The van der Waals surface area contributed by atoms with Crippen molar-refractivity contribution < 1.29 is 14.3 Å². The molecular weight excluding hydrogens is 484 g/mol. The standard InChI is InChI=1S/C27H32N8O3/c1-27(2,3)38-26(37)35-9-7-19(8-10-35)31-25(36)16-5-6-21-22(12-16)33-24(32-21)20-11-17(13-29-23(20)28)18-14-30-34(4)15-18/h5-6,11-15,19H,7-10H2,1-4H3,(H2,28,29)(H,31,36)(H,32,33). The molecule has 11 nitrogen and oxygen atoms in total. The van der Waals surface area contributed by atoms with Crippen LogP contribution >= 0.6 is 0 Å². The lowest BCUT2D eigenvalue weighted by Gasteiger charge is -2.33. The van der Waals surface area contributed by atoms with Crippen LogP contribution in [-0.4, -0.2) is 66.4 Å². The molecule has 0 saturated carbocycles. The molecular formula is C27H32N8O3. The van der Waals surface area contributed by atoms with Gasteiger partial charge in [-0.15, -0.1) is 0 Å². The maximum absolute atomic E-state index is 13.0. The quantitative estimate of drug-likeness (QED) is 0.375. The van der Waals surface area contributed by atoms with Crippen molar-refractivity contribution >= 4 is 28.9 Å². The number of H-pyrrole nitrogens is 1. The summed E-state index contributed by atoms with van der Waals surface area (Å²) >= 11 is 0. The Balaban J connectivity index is 1.27. The Morgan fingerprint density at radius 2 is 1.89 bits per heavy atom. The number of carbonyl (C=O) groups excluding carboxylic acids is 2. The predicted octanol–water partition coefficient (Wildman–Crippen LogP) is 3.74. The molecule has 0 bridgehead atoms. The van der Waals surface area contributed by atoms with Gasteiger partial charge in [0.2, 0.25) is 0 Å². The minimum atomic E-state index is -0.530. The maximum Gasteiger partial charge on any atom is 0.410 e. The van der Waals surface area contributed by atoms with Crippen molar-refractivity contribution in [3.05, 3.63) is 48.4 Å². The monoisotopic (exact) mass is 516 g/mol. The number of aromatic amines is 1. The molecule has 2 amide bonds. The number of carbonyl (C=O) groups is 2. The van der Waals surface area contributed by atoms with Gasteiger partial charge in [0.05, 0.1) is 22.8 Å². The summed E-state index contributed by atoms with van der Waals surface area (Å²) in [5.74, 6) is 0.758. The Morgan fingerprint density at radius 3 is 2.58 bits per heavy atom. The number of anilines is 1. The number of rotatable bonds is 4. The number of nitrogens with zero attached hydrogens (tertiary/aromatic N) is 5. The zero-order valence-corrected chi connectivity index (χ0v) is 22.0. The number of aryl methyl sites for hydroxylation is 1. The molecule has 1 fully saturated rings. The molecule has 1 aliphatic heterocycles. The summed E-state index contributed by atoms with van der Waals surface area (Å²) in [6.07, 6.45) is 6.40. The van der Waals surface area contributed by atoms with Crippen molar-refractivity contribution in [1.29, 1.82) is 0 Å². The number of amides is 2. The van der Waals surface area contributed by atoms with Gasteiger partial charge in [-0.2, -0.15) is 5.10 Å². The van der Waals surface area contributed by atoms with E-state index in [2.05, 4.69) is 25.4 Å². The number of aromatic nitrogens is 5. The number of benzene rings is 1. The van der Waals surface area contributed by atoms with E-state index in [0.29, 0.717) is 54.2 Å². The van der Waals surface area contributed by atoms with Gasteiger partial charge in [-0.05, 0) is 57.9 Å². The average Bonchev–Trinajstić information content (AvgIpc) is 3.49. The van der Waals surface area contributed by atoms with Crippen LogP contribution in [0.3, 0.4) is 0 Å². The molecule has 11 heteroatoms. The lowest BCUT2D eigenvalue weighted by Crippen LogP contribution is -2.47. The van der Waals surface area contributed by atoms with Gasteiger partial charge >= 0.3 is 6.09 Å². The van der Waals surface area contributed by atoms with E-state index in [1.54, 1.807) is 34.1 Å². The van der Waals surface area contributed by atoms with Crippen LogP contribution in [0.25, 0.3) is 33.5 Å². The SMILES string of the molecule is Cn1cc(-c2cnc(N)c(-c3nc4ccc(C(=O)NC5CCN(C(=O)OC(C)(C)C)CC5)cc4[nH]3)c2)cn1. The molecule has 0 spiro atoms. The fraction of sp³-hybridized carbons (Fsp3) is 0.370. The molecule has 38 heavy (non-hydrogen) atoms. The fourth-order valence-corrected chi connectivity index (χ4v) is 4.47. The lowest BCUT2D eigenvalue weighted by atomic mass is 10.0. The lowest BCUT2D eigenvalue weighted by molar-refractivity contribution is 0.0199. The number of nitrogen functional groups attached to an aromatic ring is 1. The van der Waals surface area contributed by atoms with Crippen LogP contribution in [0.5, 0.6) is 0 Å². The molecule has 0 radical (unpaired) electrons. The summed E-state index contributed by atoms with van der Waals surface area (Å²) in [5, 5.41) is 7.31. The number of fused-ring (bicyclic) bond motifs is 1. The third-order valence-electron chi connectivity index (χ3n) is 6.44. The van der Waals surface area contributed by atoms with Gasteiger partial charge < -0.3 is 25.7 Å². The average molecular weight is 517 g/mol. The van der Waals surface area contributed by atoms with Crippen LogP contribution in [0.2, 0.25) is 0 Å². The Labute approximate surface area is 220 Å². The smallest absolute Gasteiger partial charge is 0.410 e. The van der Waals surface area contributed by atoms with Crippen molar-refractivity contribution in [3.63, 3.8) is 0 Å². The summed E-state index contributed by atoms with van der Waals surface area (Å²) in [6, 6.07) is 7.26. The first-order valence-corrected chi connectivity index (χ1v) is 12.6. The van der Waals surface area contributed by atoms with Gasteiger partial charge in [-0.1, -0.05) is 0 Å². The first kappa shape index (κ1) is 25.2. The topological polar surface area (TPSA) is 144 Å². The number of nitrogens with two attached hydrogens (primary N) is 1. The highest BCUT2D eigenvalue weighted by molar-refractivity contribution is 5.98. The number of piperidine rings is 1. The van der Waals surface area contributed by atoms with E-state index < -0.39 is 5.60 Å². The summed E-state index contributed by atoms with van der Waals surface area (Å²) < 4.78 is 7.18. The highest BCUT2D eigenvalue weighted by Gasteiger charge is 2.27. The van der Waals surface area contributed by atoms with Crippen LogP contribution in [0, 0.1) is 0 Å². The van der Waals surface area contributed by atoms with Crippen LogP contribution in [0.4, 0.5) is 10.6 Å². The highest BCUT2D eigenvalue weighted by Crippen LogP contribution is 2.29. The summed E-state index contributed by atoms with van der Waals surface area (Å²) in [4.78, 5) is 39.3. The molecule has 5 rings (SSSR count). The van der Waals surface area contributed by atoms with E-state index >= 15 is 0 Å². The number of ether oxygens (including phenoxy) is 1. The number of hydrogen-bond donors (Lipinski definition) is 3. The van der Waals surface area contributed by atoms with E-state index in [1.165, 1.54) is 0 Å². The van der Waals surface area contributed by atoms with Gasteiger partial charge in [0.25, 0.3) is 5.91 Å². The van der Waals surface area contributed by atoms with E-state index in [1.807, 2.05) is 46.1 Å². The molecule has 1 aromatic carbocycles. The van der Waals surface area contributed by atoms with E-state index in [9.17, 15) is 9.59 Å². The van der Waals surface area contributed by atoms with Crippen molar-refractivity contribution in [2.24, 2.45) is 7.05 Å². The molecule has 0 atom stereocenters. The third kappa shape index (κ3) is 5.46. The molecule has 0 aliphatic carbocycles. The molecule has 1 aliphatic rings. The van der Waals surface area contributed by atoms with Crippen LogP contribution < -0.4 is 11.1 Å². The zero-order chi connectivity index (χ0) is 27.0. The first-order chi connectivity index (χ1) is 18.1. The zero-order valence-electron chi connectivity index (χ0n) is 22.0. The van der Waals surface area contributed by atoms with Gasteiger partial charge in [0.15, 0.2) is 0 Å². The second kappa shape index (κ2) is 9.81. The minimum absolute atomic E-state index is 0.0182. The van der Waals surface area contributed by atoms with Crippen LogP contribution in [-0.2, 0) is 11.8 Å². The first-order valence-electron chi connectivity index (χ1n) is 12.6. The molecule has 3 aromatic heterocycles. The normalized spacial score (nSPS) is 14.6. The second-order valence-electron chi connectivity index (χ2n) is 10.6. The molecule has 4 heterocycles. The van der Waals surface area contributed by atoms with Crippen molar-refractivity contribution in [2.45, 2.75) is 45.3 Å². The molecule has 0 unspecified atom stereocenters. The van der Waals surface area contributed by atoms with Gasteiger partial charge in [-0.3, -0.25) is 9.48 Å². The maximum atomic E-state index is 13.0. The fourth-order valence-electron chi connectivity index (χ4n) is 4.47. The number of nitrogens with one attached hydrogen (secondary N) is 2. The molecule has 1 saturated heterocycles. The number of hydrogen-bond acceptors (Lipinski definition) is 7. The van der Waals surface area contributed by atoms with Crippen LogP contribution in [0.1, 0.15) is 44.0 Å². The highest BCUT2D eigenvalue weighted by atomic mass is 16.6. The molecule has 4 aromatic rings. The Bertz CT molecular complexity index is 1490. The summed E-state index contributed by atoms with van der Waals surface area (Å²) in [7, 11) is 1.86.